The van der Waals surface area contributed by atoms with Crippen molar-refractivity contribution in [2.45, 2.75) is 19.9 Å². The maximum Gasteiger partial charge on any atom is 0.306 e. The summed E-state index contributed by atoms with van der Waals surface area (Å²) in [6.45, 7) is 2.16. The average Bonchev–Trinajstić information content (AvgIpc) is 2.71. The summed E-state index contributed by atoms with van der Waals surface area (Å²) in [7, 11) is -3.45. The van der Waals surface area contributed by atoms with Gasteiger partial charge in [-0.05, 0) is 34.3 Å². The highest BCUT2D eigenvalue weighted by atomic mass is 79.9. The number of thiophene rings is 1. The number of carbonyl (C=O) groups excluding carboxylic acids is 1. The molecule has 0 aliphatic carbocycles. The number of ether oxygens (including phenoxy) is 1. The second kappa shape index (κ2) is 7.22. The van der Waals surface area contributed by atoms with E-state index in [1.54, 1.807) is 6.92 Å². The lowest BCUT2D eigenvalue weighted by Gasteiger charge is -2.05. The number of carbonyl (C=O) groups is 1. The first-order chi connectivity index (χ1) is 8.44. The molecule has 0 saturated heterocycles. The highest BCUT2D eigenvalue weighted by Gasteiger charge is 2.14. The number of halogens is 1. The normalized spacial score (nSPS) is 11.4. The molecule has 1 N–H and O–H groups in total. The predicted octanol–water partition coefficient (Wildman–Crippen LogP) is 1.88. The molecular weight excluding hydrogens is 342 g/mol. The van der Waals surface area contributed by atoms with Gasteiger partial charge in [0.1, 0.15) is 0 Å². The van der Waals surface area contributed by atoms with Gasteiger partial charge in [-0.2, -0.15) is 0 Å². The van der Waals surface area contributed by atoms with Crippen LogP contribution in [0.2, 0.25) is 0 Å². The van der Waals surface area contributed by atoms with Gasteiger partial charge in [0.05, 0.1) is 18.8 Å². The maximum absolute atomic E-state index is 11.6. The van der Waals surface area contributed by atoms with Gasteiger partial charge >= 0.3 is 5.97 Å². The lowest BCUT2D eigenvalue weighted by atomic mass is 10.5. The van der Waals surface area contributed by atoms with Gasteiger partial charge in [-0.25, -0.2) is 13.1 Å². The zero-order chi connectivity index (χ0) is 13.6. The molecule has 1 rings (SSSR count). The molecule has 0 aromatic carbocycles. The van der Waals surface area contributed by atoms with Gasteiger partial charge in [0.15, 0.2) is 0 Å². The topological polar surface area (TPSA) is 72.5 Å². The third kappa shape index (κ3) is 5.47. The van der Waals surface area contributed by atoms with Crippen molar-refractivity contribution in [2.75, 3.05) is 12.4 Å². The van der Waals surface area contributed by atoms with Gasteiger partial charge in [-0.15, -0.1) is 11.3 Å². The van der Waals surface area contributed by atoms with Crippen molar-refractivity contribution in [1.82, 2.24) is 4.72 Å². The third-order valence-corrected chi connectivity index (χ3v) is 5.28. The van der Waals surface area contributed by atoms with E-state index in [1.807, 2.05) is 11.4 Å². The summed E-state index contributed by atoms with van der Waals surface area (Å²) in [6.07, 6.45) is -0.130. The van der Waals surface area contributed by atoms with Crippen LogP contribution in [0.25, 0.3) is 0 Å². The van der Waals surface area contributed by atoms with Gasteiger partial charge in [-0.3, -0.25) is 4.79 Å². The number of hydrogen-bond donors (Lipinski definition) is 1. The van der Waals surface area contributed by atoms with E-state index in [2.05, 4.69) is 25.4 Å². The van der Waals surface area contributed by atoms with E-state index in [4.69, 9.17) is 0 Å². The Hall–Kier alpha value is -0.440. The van der Waals surface area contributed by atoms with E-state index in [-0.39, 0.29) is 25.3 Å². The van der Waals surface area contributed by atoms with Crippen molar-refractivity contribution in [2.24, 2.45) is 0 Å². The Morgan fingerprint density at radius 2 is 2.28 bits per heavy atom. The number of rotatable bonds is 7. The Morgan fingerprint density at radius 3 is 2.83 bits per heavy atom. The number of nitrogens with one attached hydrogen (secondary N) is 1. The first-order valence-corrected chi connectivity index (χ1v) is 8.62. The molecule has 0 spiro atoms. The molecule has 0 atom stereocenters. The summed E-state index contributed by atoms with van der Waals surface area (Å²) >= 11 is 4.78. The van der Waals surface area contributed by atoms with Gasteiger partial charge < -0.3 is 4.74 Å². The molecule has 1 heterocycles. The summed E-state index contributed by atoms with van der Waals surface area (Å²) in [4.78, 5) is 12.0. The highest BCUT2D eigenvalue weighted by molar-refractivity contribution is 9.10. The molecule has 1 aromatic heterocycles. The molecule has 0 unspecified atom stereocenters. The van der Waals surface area contributed by atoms with Crippen LogP contribution in [0, 0.1) is 0 Å². The standard InChI is InChI=1S/C10H14BrNO4S2/c1-2-16-10(13)4-6-18(14,15)12-7-9-8(11)3-5-17-9/h3,5,12H,2,4,6-7H2,1H3. The SMILES string of the molecule is CCOC(=O)CCS(=O)(=O)NCc1sccc1Br. The van der Waals surface area contributed by atoms with Crippen molar-refractivity contribution in [3.63, 3.8) is 0 Å². The van der Waals surface area contributed by atoms with Gasteiger partial charge in [0, 0.05) is 15.9 Å². The molecule has 1 aromatic rings. The van der Waals surface area contributed by atoms with Crippen molar-refractivity contribution < 1.29 is 17.9 Å². The molecular formula is C10H14BrNO4S2. The Bertz CT molecular complexity index is 498. The van der Waals surface area contributed by atoms with E-state index < -0.39 is 16.0 Å². The second-order valence-electron chi connectivity index (χ2n) is 3.39. The minimum absolute atomic E-state index is 0.130. The van der Waals surface area contributed by atoms with E-state index in [1.165, 1.54) is 11.3 Å². The van der Waals surface area contributed by atoms with E-state index in [9.17, 15) is 13.2 Å². The fourth-order valence-electron chi connectivity index (χ4n) is 1.15. The van der Waals surface area contributed by atoms with Gasteiger partial charge in [0.25, 0.3) is 0 Å². The minimum Gasteiger partial charge on any atom is -0.466 e. The predicted molar refractivity (Wildman–Crippen MR) is 73.9 cm³/mol. The molecule has 0 radical (unpaired) electrons. The molecule has 0 amide bonds. The van der Waals surface area contributed by atoms with Crippen LogP contribution >= 0.6 is 27.3 Å². The van der Waals surface area contributed by atoms with Crippen LogP contribution in [0.3, 0.4) is 0 Å². The van der Waals surface area contributed by atoms with Crippen LogP contribution in [0.4, 0.5) is 0 Å². The lowest BCUT2D eigenvalue weighted by molar-refractivity contribution is -0.142. The molecule has 0 fully saturated rings. The Kier molecular flexibility index (Phi) is 6.27. The summed E-state index contributed by atoms with van der Waals surface area (Å²) in [5.41, 5.74) is 0. The Balaban J connectivity index is 2.41. The molecule has 0 bridgehead atoms. The summed E-state index contributed by atoms with van der Waals surface area (Å²) in [5, 5.41) is 1.87. The Labute approximate surface area is 119 Å². The fraction of sp³-hybridized carbons (Fsp3) is 0.500. The zero-order valence-electron chi connectivity index (χ0n) is 9.81. The van der Waals surface area contributed by atoms with Crippen molar-refractivity contribution >= 4 is 43.3 Å². The molecule has 8 heteroatoms. The first kappa shape index (κ1) is 15.6. The number of sulfonamides is 1. The smallest absolute Gasteiger partial charge is 0.306 e. The quantitative estimate of drug-likeness (QED) is 0.758. The van der Waals surface area contributed by atoms with E-state index in [0.717, 1.165) is 9.35 Å². The lowest BCUT2D eigenvalue weighted by Crippen LogP contribution is -2.27. The van der Waals surface area contributed by atoms with Crippen LogP contribution < -0.4 is 4.72 Å². The second-order valence-corrected chi connectivity index (χ2v) is 7.17. The number of hydrogen-bond acceptors (Lipinski definition) is 5. The molecule has 5 nitrogen and oxygen atoms in total. The zero-order valence-corrected chi connectivity index (χ0v) is 13.0. The monoisotopic (exact) mass is 355 g/mol. The highest BCUT2D eigenvalue weighted by Crippen LogP contribution is 2.22. The fourth-order valence-corrected chi connectivity index (χ4v) is 3.62. The van der Waals surface area contributed by atoms with Crippen LogP contribution in [0.15, 0.2) is 15.9 Å². The molecule has 0 aliphatic rings. The van der Waals surface area contributed by atoms with E-state index in [0.29, 0.717) is 0 Å². The van der Waals surface area contributed by atoms with Crippen LogP contribution in [0.5, 0.6) is 0 Å². The largest absolute Gasteiger partial charge is 0.466 e. The third-order valence-electron chi connectivity index (χ3n) is 2.02. The summed E-state index contributed by atoms with van der Waals surface area (Å²) < 4.78 is 31.2. The summed E-state index contributed by atoms with van der Waals surface area (Å²) in [6, 6.07) is 1.85. The molecule has 18 heavy (non-hydrogen) atoms. The molecule has 0 aliphatic heterocycles. The first-order valence-electron chi connectivity index (χ1n) is 5.29. The average molecular weight is 356 g/mol. The molecule has 102 valence electrons. The van der Waals surface area contributed by atoms with Gasteiger partial charge in [-0.1, -0.05) is 0 Å². The van der Waals surface area contributed by atoms with Crippen molar-refractivity contribution in [3.8, 4) is 0 Å². The van der Waals surface area contributed by atoms with Crippen molar-refractivity contribution in [3.05, 3.63) is 20.8 Å². The van der Waals surface area contributed by atoms with Crippen LogP contribution in [0.1, 0.15) is 18.2 Å². The maximum atomic E-state index is 11.6. The van der Waals surface area contributed by atoms with Crippen LogP contribution in [-0.2, 0) is 26.1 Å². The minimum atomic E-state index is -3.45. The summed E-state index contributed by atoms with van der Waals surface area (Å²) in [5.74, 6) is -0.755. The Morgan fingerprint density at radius 1 is 1.56 bits per heavy atom. The van der Waals surface area contributed by atoms with Gasteiger partial charge in [0.2, 0.25) is 10.0 Å². The molecule has 0 saturated carbocycles. The number of esters is 1. The van der Waals surface area contributed by atoms with Crippen molar-refractivity contribution in [1.29, 1.82) is 0 Å². The van der Waals surface area contributed by atoms with E-state index >= 15 is 0 Å². The van der Waals surface area contributed by atoms with Crippen LogP contribution in [-0.4, -0.2) is 26.7 Å².